The maximum absolute atomic E-state index is 13.1. The quantitative estimate of drug-likeness (QED) is 0.762. The van der Waals surface area contributed by atoms with E-state index in [-0.39, 0.29) is 11.5 Å². The van der Waals surface area contributed by atoms with Gasteiger partial charge in [-0.1, -0.05) is 0 Å². The third kappa shape index (κ3) is 1.88. The van der Waals surface area contributed by atoms with E-state index in [1.165, 1.54) is 6.07 Å². The van der Waals surface area contributed by atoms with Crippen molar-refractivity contribution in [3.63, 3.8) is 0 Å². The summed E-state index contributed by atoms with van der Waals surface area (Å²) in [5.41, 5.74) is 0.204. The molecule has 2 unspecified atom stereocenters. The first kappa shape index (κ1) is 11.6. The van der Waals surface area contributed by atoms with E-state index in [1.54, 1.807) is 4.90 Å². The first-order valence-corrected chi connectivity index (χ1v) is 5.97. The van der Waals surface area contributed by atoms with Gasteiger partial charge in [0.1, 0.15) is 0 Å². The molecule has 2 fully saturated rings. The second-order valence-electron chi connectivity index (χ2n) is 4.90. The average Bonchev–Trinajstić information content (AvgIpc) is 2.92. The molecule has 1 amide bonds. The summed E-state index contributed by atoms with van der Waals surface area (Å²) < 4.78 is 31.2. The summed E-state index contributed by atoms with van der Waals surface area (Å²) in [6.45, 7) is 2.66. The Morgan fingerprint density at radius 2 is 1.83 bits per heavy atom. The number of carbonyl (C=O) groups is 1. The molecule has 1 aromatic carbocycles. The van der Waals surface area contributed by atoms with Crippen molar-refractivity contribution < 1.29 is 18.3 Å². The molecule has 96 valence electrons. The lowest BCUT2D eigenvalue weighted by atomic mass is 10.0. The second kappa shape index (κ2) is 4.31. The number of ether oxygens (including phenoxy) is 1. The molecular weight excluding hydrogens is 240 g/mol. The molecule has 3 nitrogen and oxygen atoms in total. The average molecular weight is 253 g/mol. The fourth-order valence-electron chi connectivity index (χ4n) is 2.66. The van der Waals surface area contributed by atoms with Gasteiger partial charge in [0.2, 0.25) is 0 Å². The Kier molecular flexibility index (Phi) is 2.78. The number of hydrogen-bond acceptors (Lipinski definition) is 2. The van der Waals surface area contributed by atoms with Gasteiger partial charge in [0.25, 0.3) is 5.91 Å². The summed E-state index contributed by atoms with van der Waals surface area (Å²) >= 11 is 0. The monoisotopic (exact) mass is 253 g/mol. The van der Waals surface area contributed by atoms with Crippen molar-refractivity contribution >= 4 is 5.91 Å². The Bertz CT molecular complexity index is 480. The molecule has 5 heteroatoms. The van der Waals surface area contributed by atoms with Crippen LogP contribution in [0.25, 0.3) is 0 Å². The fraction of sp³-hybridized carbons (Fsp3) is 0.462. The van der Waals surface area contributed by atoms with Crippen molar-refractivity contribution in [1.29, 1.82) is 0 Å². The van der Waals surface area contributed by atoms with Crippen molar-refractivity contribution in [2.45, 2.75) is 0 Å². The van der Waals surface area contributed by atoms with Gasteiger partial charge in [-0.25, -0.2) is 8.78 Å². The molecule has 2 aliphatic heterocycles. The molecule has 0 radical (unpaired) electrons. The highest BCUT2D eigenvalue weighted by Gasteiger charge is 2.39. The Labute approximate surface area is 103 Å². The molecule has 2 aliphatic rings. The van der Waals surface area contributed by atoms with Crippen LogP contribution in [0.1, 0.15) is 10.4 Å². The molecule has 0 spiro atoms. The summed E-state index contributed by atoms with van der Waals surface area (Å²) in [6.07, 6.45) is 0. The number of fused-ring (bicyclic) bond motifs is 1. The Morgan fingerprint density at radius 3 is 2.44 bits per heavy atom. The SMILES string of the molecule is O=C(c1ccc(F)c(F)c1)N1CC2COCC2C1. The first-order valence-electron chi connectivity index (χ1n) is 5.97. The predicted molar refractivity (Wildman–Crippen MR) is 60.1 cm³/mol. The molecule has 2 heterocycles. The van der Waals surface area contributed by atoms with Gasteiger partial charge in [-0.05, 0) is 18.2 Å². The summed E-state index contributed by atoms with van der Waals surface area (Å²) in [5, 5.41) is 0. The maximum atomic E-state index is 13.1. The van der Waals surface area contributed by atoms with Gasteiger partial charge in [0.05, 0.1) is 13.2 Å². The Balaban J connectivity index is 1.77. The number of amides is 1. The highest BCUT2D eigenvalue weighted by Crippen LogP contribution is 2.30. The number of rotatable bonds is 1. The molecule has 1 aromatic rings. The zero-order valence-electron chi connectivity index (χ0n) is 9.73. The van der Waals surface area contributed by atoms with Gasteiger partial charge in [-0.15, -0.1) is 0 Å². The molecular formula is C13H13F2NO2. The van der Waals surface area contributed by atoms with Crippen LogP contribution < -0.4 is 0 Å². The predicted octanol–water partition coefficient (Wildman–Crippen LogP) is 1.68. The molecule has 0 bridgehead atoms. The lowest BCUT2D eigenvalue weighted by molar-refractivity contribution is 0.0750. The summed E-state index contributed by atoms with van der Waals surface area (Å²) in [6, 6.07) is 3.27. The molecule has 2 atom stereocenters. The normalized spacial score (nSPS) is 26.4. The Morgan fingerprint density at radius 1 is 1.17 bits per heavy atom. The number of likely N-dealkylation sites (tertiary alicyclic amines) is 1. The van der Waals surface area contributed by atoms with E-state index in [2.05, 4.69) is 0 Å². The van der Waals surface area contributed by atoms with Crippen LogP contribution in [0.3, 0.4) is 0 Å². The summed E-state index contributed by atoms with van der Waals surface area (Å²) in [7, 11) is 0. The van der Waals surface area contributed by atoms with Gasteiger partial charge in [-0.2, -0.15) is 0 Å². The molecule has 3 rings (SSSR count). The minimum atomic E-state index is -0.983. The van der Waals surface area contributed by atoms with Gasteiger partial charge >= 0.3 is 0 Å². The van der Waals surface area contributed by atoms with Crippen molar-refractivity contribution in [2.24, 2.45) is 11.8 Å². The zero-order chi connectivity index (χ0) is 12.7. The third-order valence-electron chi connectivity index (χ3n) is 3.69. The van der Waals surface area contributed by atoms with Crippen LogP contribution in [-0.4, -0.2) is 37.1 Å². The highest BCUT2D eigenvalue weighted by molar-refractivity contribution is 5.94. The van der Waals surface area contributed by atoms with Crippen molar-refractivity contribution in [2.75, 3.05) is 26.3 Å². The minimum Gasteiger partial charge on any atom is -0.381 e. The molecule has 18 heavy (non-hydrogen) atoms. The van der Waals surface area contributed by atoms with E-state index in [9.17, 15) is 13.6 Å². The van der Waals surface area contributed by atoms with E-state index in [1.807, 2.05) is 0 Å². The minimum absolute atomic E-state index is 0.204. The van der Waals surface area contributed by atoms with Crippen LogP contribution >= 0.6 is 0 Å². The van der Waals surface area contributed by atoms with Crippen molar-refractivity contribution in [1.82, 2.24) is 4.90 Å². The van der Waals surface area contributed by atoms with Gasteiger partial charge < -0.3 is 9.64 Å². The van der Waals surface area contributed by atoms with Crippen LogP contribution in [0.4, 0.5) is 8.78 Å². The number of carbonyl (C=O) groups excluding carboxylic acids is 1. The van der Waals surface area contributed by atoms with Crippen LogP contribution in [0.2, 0.25) is 0 Å². The maximum Gasteiger partial charge on any atom is 0.253 e. The second-order valence-corrected chi connectivity index (χ2v) is 4.90. The fourth-order valence-corrected chi connectivity index (χ4v) is 2.66. The molecule has 2 saturated heterocycles. The summed E-state index contributed by atoms with van der Waals surface area (Å²) in [4.78, 5) is 13.8. The van der Waals surface area contributed by atoms with E-state index in [0.717, 1.165) is 12.1 Å². The van der Waals surface area contributed by atoms with Crippen LogP contribution in [0, 0.1) is 23.5 Å². The standard InChI is InChI=1S/C13H13F2NO2/c14-11-2-1-8(3-12(11)15)13(17)16-4-9-6-18-7-10(9)5-16/h1-3,9-10H,4-7H2. The molecule has 0 N–H and O–H groups in total. The van der Waals surface area contributed by atoms with Crippen LogP contribution in [0.15, 0.2) is 18.2 Å². The van der Waals surface area contributed by atoms with Gasteiger partial charge in [0, 0.05) is 30.5 Å². The first-order chi connectivity index (χ1) is 8.65. The van der Waals surface area contributed by atoms with E-state index in [0.29, 0.717) is 38.1 Å². The number of hydrogen-bond donors (Lipinski definition) is 0. The number of benzene rings is 1. The zero-order valence-corrected chi connectivity index (χ0v) is 9.73. The van der Waals surface area contributed by atoms with Gasteiger partial charge in [-0.3, -0.25) is 4.79 Å². The molecule has 0 aliphatic carbocycles. The van der Waals surface area contributed by atoms with Crippen LogP contribution in [0.5, 0.6) is 0 Å². The van der Waals surface area contributed by atoms with Crippen LogP contribution in [-0.2, 0) is 4.74 Å². The Hall–Kier alpha value is -1.49. The molecule has 0 saturated carbocycles. The highest BCUT2D eigenvalue weighted by atomic mass is 19.2. The summed E-state index contributed by atoms with van der Waals surface area (Å²) in [5.74, 6) is -1.37. The topological polar surface area (TPSA) is 29.5 Å². The van der Waals surface area contributed by atoms with Crippen molar-refractivity contribution in [3.8, 4) is 0 Å². The van der Waals surface area contributed by atoms with E-state index in [4.69, 9.17) is 4.74 Å². The molecule has 0 aromatic heterocycles. The van der Waals surface area contributed by atoms with E-state index >= 15 is 0 Å². The van der Waals surface area contributed by atoms with E-state index < -0.39 is 11.6 Å². The number of nitrogens with zero attached hydrogens (tertiary/aromatic N) is 1. The van der Waals surface area contributed by atoms with Gasteiger partial charge in [0.15, 0.2) is 11.6 Å². The lowest BCUT2D eigenvalue weighted by Gasteiger charge is -2.17. The number of halogens is 2. The third-order valence-corrected chi connectivity index (χ3v) is 3.69. The lowest BCUT2D eigenvalue weighted by Crippen LogP contribution is -2.30. The smallest absolute Gasteiger partial charge is 0.253 e. The largest absolute Gasteiger partial charge is 0.381 e. The van der Waals surface area contributed by atoms with Crippen molar-refractivity contribution in [3.05, 3.63) is 35.4 Å².